The van der Waals surface area contributed by atoms with E-state index < -0.39 is 11.7 Å². The number of hydrogen-bond acceptors (Lipinski definition) is 6. The summed E-state index contributed by atoms with van der Waals surface area (Å²) in [6.45, 7) is -0.111. The molecule has 0 bridgehead atoms. The normalized spacial score (nSPS) is 24.4. The smallest absolute Gasteiger partial charge is 0.350 e. The van der Waals surface area contributed by atoms with Crippen LogP contribution in [0.25, 0.3) is 0 Å². The fourth-order valence-corrected chi connectivity index (χ4v) is 5.04. The van der Waals surface area contributed by atoms with Gasteiger partial charge in [-0.05, 0) is 67.0 Å². The van der Waals surface area contributed by atoms with Crippen LogP contribution in [0.15, 0.2) is 42.5 Å². The minimum atomic E-state index is -0.884. The average Bonchev–Trinajstić information content (AvgIpc) is 3.30. The fourth-order valence-electron chi connectivity index (χ4n) is 4.85. The molecule has 1 unspecified atom stereocenters. The van der Waals surface area contributed by atoms with Gasteiger partial charge in [-0.1, -0.05) is 35.9 Å². The molecule has 33 heavy (non-hydrogen) atoms. The lowest BCUT2D eigenvalue weighted by molar-refractivity contribution is -0.158. The topological polar surface area (TPSA) is 85.2 Å². The van der Waals surface area contributed by atoms with Crippen molar-refractivity contribution in [1.29, 1.82) is 0 Å². The lowest BCUT2D eigenvalue weighted by atomic mass is 9.94. The highest BCUT2D eigenvalue weighted by Crippen LogP contribution is 2.36. The van der Waals surface area contributed by atoms with Crippen molar-refractivity contribution in [3.8, 4) is 5.75 Å². The monoisotopic (exact) mass is 474 g/mol. The number of aliphatic hydroxyl groups excluding tert-OH is 2. The average molecular weight is 475 g/mol. The molecule has 0 aromatic heterocycles. The molecule has 1 aliphatic carbocycles. The summed E-state index contributed by atoms with van der Waals surface area (Å²) in [5, 5.41) is 20.2. The first-order valence-electron chi connectivity index (χ1n) is 11.5. The Kier molecular flexibility index (Phi) is 7.59. The number of aliphatic hydroxyl groups is 2. The number of carbonyl (C=O) groups excluding carboxylic acids is 1. The number of hydrogen-bond donors (Lipinski definition) is 2. The Balaban J connectivity index is 1.47. The van der Waals surface area contributed by atoms with Crippen LogP contribution >= 0.6 is 11.6 Å². The van der Waals surface area contributed by atoms with Crippen LogP contribution in [0, 0.1) is 0 Å². The van der Waals surface area contributed by atoms with E-state index in [9.17, 15) is 15.0 Å². The van der Waals surface area contributed by atoms with Crippen molar-refractivity contribution >= 4 is 17.6 Å². The molecule has 0 radical (unpaired) electrons. The third-order valence-electron chi connectivity index (χ3n) is 6.62. The standard InChI is InChI=1S/C26H31ClO6/c1-31-25(30)26(10-2-3-11-26)33-21-7-4-17(5-8-21)12-19-13-18(6-9-23(19)27)24-15-20(29)14-22(16-28)32-24/h4-9,13,20,22,24,28-29H,2-3,10-12,14-16H2,1H3/t20?,22-,24+/m0/s1. The summed E-state index contributed by atoms with van der Waals surface area (Å²) >= 11 is 6.48. The van der Waals surface area contributed by atoms with Gasteiger partial charge in [-0.2, -0.15) is 0 Å². The lowest BCUT2D eigenvalue weighted by Gasteiger charge is -2.32. The number of halogens is 1. The second kappa shape index (κ2) is 10.4. The summed E-state index contributed by atoms with van der Waals surface area (Å²) in [6.07, 6.45) is 3.64. The van der Waals surface area contributed by atoms with E-state index in [2.05, 4.69) is 0 Å². The van der Waals surface area contributed by atoms with Gasteiger partial charge >= 0.3 is 5.97 Å². The summed E-state index contributed by atoms with van der Waals surface area (Å²) in [4.78, 5) is 12.3. The summed E-state index contributed by atoms with van der Waals surface area (Å²) in [5.74, 6) is 0.330. The highest BCUT2D eigenvalue weighted by Gasteiger charge is 2.44. The molecule has 2 aromatic carbocycles. The summed E-state index contributed by atoms with van der Waals surface area (Å²) in [5.41, 5.74) is 2.06. The molecule has 178 valence electrons. The molecule has 2 N–H and O–H groups in total. The van der Waals surface area contributed by atoms with E-state index in [1.165, 1.54) is 7.11 Å². The number of carbonyl (C=O) groups is 1. The van der Waals surface area contributed by atoms with E-state index in [-0.39, 0.29) is 24.8 Å². The maximum Gasteiger partial charge on any atom is 0.350 e. The van der Waals surface area contributed by atoms with Crippen LogP contribution in [-0.4, -0.2) is 47.7 Å². The zero-order chi connectivity index (χ0) is 23.4. The molecule has 0 amide bonds. The largest absolute Gasteiger partial charge is 0.476 e. The number of methoxy groups -OCH3 is 1. The Morgan fingerprint density at radius 1 is 1.15 bits per heavy atom. The first kappa shape index (κ1) is 24.0. The molecule has 1 heterocycles. The molecule has 2 aromatic rings. The highest BCUT2D eigenvalue weighted by molar-refractivity contribution is 6.31. The molecule has 2 fully saturated rings. The number of benzene rings is 2. The van der Waals surface area contributed by atoms with Crippen molar-refractivity contribution in [1.82, 2.24) is 0 Å². The molecule has 1 saturated heterocycles. The van der Waals surface area contributed by atoms with Gasteiger partial charge in [-0.25, -0.2) is 4.79 Å². The zero-order valence-electron chi connectivity index (χ0n) is 18.8. The van der Waals surface area contributed by atoms with Crippen molar-refractivity contribution in [3.05, 3.63) is 64.2 Å². The van der Waals surface area contributed by atoms with Crippen LogP contribution < -0.4 is 4.74 Å². The van der Waals surface area contributed by atoms with Crippen LogP contribution in [0.4, 0.5) is 0 Å². The van der Waals surface area contributed by atoms with Crippen LogP contribution in [0.2, 0.25) is 5.02 Å². The molecule has 7 heteroatoms. The van der Waals surface area contributed by atoms with Crippen molar-refractivity contribution in [2.24, 2.45) is 0 Å². The van der Waals surface area contributed by atoms with Gasteiger partial charge in [0.1, 0.15) is 5.75 Å². The highest BCUT2D eigenvalue weighted by atomic mass is 35.5. The molecule has 0 spiro atoms. The Hall–Kier alpha value is -2.12. The summed E-state index contributed by atoms with van der Waals surface area (Å²) in [7, 11) is 1.40. The molecular formula is C26H31ClO6. The summed E-state index contributed by atoms with van der Waals surface area (Å²) < 4.78 is 17.0. The minimum Gasteiger partial charge on any atom is -0.476 e. The molecule has 1 saturated carbocycles. The number of esters is 1. The SMILES string of the molecule is COC(=O)C1(Oc2ccc(Cc3cc([C@H]4CC(O)C[C@@H](CO)O4)ccc3Cl)cc2)CCCC1. The van der Waals surface area contributed by atoms with Gasteiger partial charge in [-0.15, -0.1) is 0 Å². The molecular weight excluding hydrogens is 444 g/mol. The molecule has 6 nitrogen and oxygen atoms in total. The fraction of sp³-hybridized carbons (Fsp3) is 0.500. The Bertz CT molecular complexity index is 954. The van der Waals surface area contributed by atoms with Gasteiger partial charge in [0, 0.05) is 17.9 Å². The van der Waals surface area contributed by atoms with Crippen molar-refractivity contribution in [3.63, 3.8) is 0 Å². The van der Waals surface area contributed by atoms with Crippen LogP contribution in [0.3, 0.4) is 0 Å². The molecule has 2 aliphatic rings. The van der Waals surface area contributed by atoms with E-state index >= 15 is 0 Å². The Morgan fingerprint density at radius 3 is 2.55 bits per heavy atom. The number of rotatable bonds is 7. The maximum atomic E-state index is 12.3. The quantitative estimate of drug-likeness (QED) is 0.580. The van der Waals surface area contributed by atoms with Crippen LogP contribution in [0.5, 0.6) is 5.75 Å². The third-order valence-corrected chi connectivity index (χ3v) is 6.99. The predicted molar refractivity (Wildman–Crippen MR) is 124 cm³/mol. The van der Waals surface area contributed by atoms with Crippen molar-refractivity contribution in [2.75, 3.05) is 13.7 Å². The maximum absolute atomic E-state index is 12.3. The van der Waals surface area contributed by atoms with Crippen molar-refractivity contribution in [2.45, 2.75) is 68.9 Å². The van der Waals surface area contributed by atoms with E-state index in [0.717, 1.165) is 29.5 Å². The van der Waals surface area contributed by atoms with Gasteiger partial charge in [0.05, 0.1) is 32.0 Å². The van der Waals surface area contributed by atoms with E-state index in [1.807, 2.05) is 42.5 Å². The van der Waals surface area contributed by atoms with Gasteiger partial charge < -0.3 is 24.4 Å². The minimum absolute atomic E-state index is 0.111. The van der Waals surface area contributed by atoms with Crippen molar-refractivity contribution < 1.29 is 29.2 Å². The summed E-state index contributed by atoms with van der Waals surface area (Å²) in [6, 6.07) is 13.5. The van der Waals surface area contributed by atoms with Crippen LogP contribution in [0.1, 0.15) is 61.3 Å². The van der Waals surface area contributed by atoms with E-state index in [1.54, 1.807) is 0 Å². The second-order valence-corrected chi connectivity index (χ2v) is 9.43. The molecule has 1 aliphatic heterocycles. The van der Waals surface area contributed by atoms with Gasteiger partial charge in [-0.3, -0.25) is 0 Å². The second-order valence-electron chi connectivity index (χ2n) is 9.02. The predicted octanol–water partition coefficient (Wildman–Crippen LogP) is 4.37. The Labute approximate surface area is 199 Å². The van der Waals surface area contributed by atoms with Gasteiger partial charge in [0.15, 0.2) is 0 Å². The van der Waals surface area contributed by atoms with Gasteiger partial charge in [0.2, 0.25) is 5.60 Å². The molecule has 3 atom stereocenters. The zero-order valence-corrected chi connectivity index (χ0v) is 19.6. The Morgan fingerprint density at radius 2 is 1.88 bits per heavy atom. The first-order valence-corrected chi connectivity index (χ1v) is 11.9. The third kappa shape index (κ3) is 5.52. The number of ether oxygens (including phenoxy) is 3. The first-order chi connectivity index (χ1) is 15.9. The van der Waals surface area contributed by atoms with Crippen LogP contribution in [-0.2, 0) is 20.7 Å². The van der Waals surface area contributed by atoms with Gasteiger partial charge in [0.25, 0.3) is 0 Å². The van der Waals surface area contributed by atoms with E-state index in [4.69, 9.17) is 25.8 Å². The molecule has 4 rings (SSSR count). The van der Waals surface area contributed by atoms with E-state index in [0.29, 0.717) is 42.9 Å². The lowest BCUT2D eigenvalue weighted by Crippen LogP contribution is -2.42.